The summed E-state index contributed by atoms with van der Waals surface area (Å²) in [5.74, 6) is -0.194. The number of nitrogens with zero attached hydrogens (tertiary/aromatic N) is 6. The lowest BCUT2D eigenvalue weighted by molar-refractivity contribution is -0.154. The van der Waals surface area contributed by atoms with Gasteiger partial charge >= 0.3 is 12.4 Å². The van der Waals surface area contributed by atoms with Crippen LogP contribution in [0.1, 0.15) is 23.7 Å². The highest BCUT2D eigenvalue weighted by atomic mass is 28.3. The molecule has 5 aromatic rings. The summed E-state index contributed by atoms with van der Waals surface area (Å²) in [6, 6.07) is 10.2. The first-order valence-corrected chi connectivity index (χ1v) is 18.6. The van der Waals surface area contributed by atoms with Crippen molar-refractivity contribution < 1.29 is 40.9 Å². The molecule has 1 unspecified atom stereocenters. The van der Waals surface area contributed by atoms with E-state index >= 15 is 0 Å². The average Bonchev–Trinajstić information content (AvgIpc) is 3.58. The molecule has 0 saturated carbocycles. The third-order valence-corrected chi connectivity index (χ3v) is 9.33. The molecule has 5 rings (SSSR count). The lowest BCUT2D eigenvalue weighted by Gasteiger charge is -2.24. The molecule has 1 aromatic carbocycles. The zero-order valence-corrected chi connectivity index (χ0v) is 27.8. The van der Waals surface area contributed by atoms with E-state index in [1.165, 1.54) is 36.1 Å². The van der Waals surface area contributed by atoms with E-state index in [0.717, 1.165) is 12.2 Å². The van der Waals surface area contributed by atoms with Gasteiger partial charge in [0.15, 0.2) is 18.1 Å². The van der Waals surface area contributed by atoms with E-state index in [-0.39, 0.29) is 29.8 Å². The van der Waals surface area contributed by atoms with E-state index in [0.29, 0.717) is 34.3 Å². The molecule has 0 saturated heterocycles. The third kappa shape index (κ3) is 7.87. The van der Waals surface area contributed by atoms with Crippen molar-refractivity contribution >= 4 is 19.1 Å². The maximum absolute atomic E-state index is 13.2. The Morgan fingerprint density at radius 3 is 2.27 bits per heavy atom. The number of pyridine rings is 1. The summed E-state index contributed by atoms with van der Waals surface area (Å²) >= 11 is 0. The zero-order valence-electron chi connectivity index (χ0n) is 26.8. The maximum Gasteiger partial charge on any atom is 0.434 e. The number of aromatic nitrogens is 6. The minimum Gasteiger partial charge on any atom is -0.467 e. The van der Waals surface area contributed by atoms with Crippen LogP contribution in [-0.4, -0.2) is 61.6 Å². The molecule has 0 fully saturated rings. The molecule has 16 heteroatoms. The van der Waals surface area contributed by atoms with Gasteiger partial charge in [0.25, 0.3) is 0 Å². The number of hydrogen-bond acceptors (Lipinski definition) is 7. The molecule has 9 nitrogen and oxygen atoms in total. The fourth-order valence-corrected chi connectivity index (χ4v) is 5.76. The Morgan fingerprint density at radius 1 is 0.938 bits per heavy atom. The average molecular weight is 693 g/mol. The van der Waals surface area contributed by atoms with Crippen molar-refractivity contribution in [2.45, 2.75) is 57.3 Å². The minimum absolute atomic E-state index is 0.0211. The number of ether oxygens (including phenoxy) is 2. The summed E-state index contributed by atoms with van der Waals surface area (Å²) in [6.45, 7) is 7.30. The van der Waals surface area contributed by atoms with Crippen molar-refractivity contribution in [2.75, 3.05) is 13.2 Å². The van der Waals surface area contributed by atoms with Gasteiger partial charge in [0.1, 0.15) is 18.2 Å². The van der Waals surface area contributed by atoms with Gasteiger partial charge in [-0.05, 0) is 30.7 Å². The van der Waals surface area contributed by atoms with Gasteiger partial charge in [0, 0.05) is 51.4 Å². The lowest BCUT2D eigenvalue weighted by atomic mass is 9.88. The standard InChI is InChI=1S/C32H34F6N6O3Si/c1-30(45,21-10-8-20(9-11-21)28-41-25(17-43(28)2)32(36,37)38)23-16-44(19-46-13-14-48(3,4)5)24-15-40-27(42-26(23)24)22-7-6-12-39-29(22)47-18-31(33,34)35/h6-12,15-17,45H,13-14,18-19H2,1-5H3. The number of halogens is 6. The van der Waals surface area contributed by atoms with Crippen molar-refractivity contribution in [1.29, 1.82) is 0 Å². The van der Waals surface area contributed by atoms with Crippen LogP contribution in [0.5, 0.6) is 5.88 Å². The van der Waals surface area contributed by atoms with Gasteiger partial charge in [-0.2, -0.15) is 26.3 Å². The number of rotatable bonds is 11. The molecule has 1 atom stereocenters. The molecule has 0 aliphatic rings. The van der Waals surface area contributed by atoms with Crippen LogP contribution in [0.3, 0.4) is 0 Å². The molecule has 4 aromatic heterocycles. The second-order valence-corrected chi connectivity index (χ2v) is 18.4. The molecule has 4 heterocycles. The van der Waals surface area contributed by atoms with E-state index < -0.39 is 38.3 Å². The minimum atomic E-state index is -4.60. The molecule has 0 amide bonds. The Hall–Kier alpha value is -4.28. The molecule has 0 aliphatic heterocycles. The van der Waals surface area contributed by atoms with Gasteiger partial charge in [-0.3, -0.25) is 0 Å². The number of alkyl halides is 6. The Bertz CT molecular complexity index is 1900. The van der Waals surface area contributed by atoms with E-state index in [9.17, 15) is 31.4 Å². The smallest absolute Gasteiger partial charge is 0.434 e. The van der Waals surface area contributed by atoms with Crippen molar-refractivity contribution in [3.8, 4) is 28.7 Å². The molecule has 1 N–H and O–H groups in total. The summed E-state index contributed by atoms with van der Waals surface area (Å²) in [4.78, 5) is 16.7. The molecule has 0 radical (unpaired) electrons. The van der Waals surface area contributed by atoms with Crippen LogP contribution in [0.4, 0.5) is 26.3 Å². The highest BCUT2D eigenvalue weighted by molar-refractivity contribution is 6.76. The molecular formula is C32H34F6N6O3Si. The fraction of sp³-hybridized carbons (Fsp3) is 0.375. The quantitative estimate of drug-likeness (QED) is 0.0874. The normalized spacial score (nSPS) is 14.0. The number of benzene rings is 1. The summed E-state index contributed by atoms with van der Waals surface area (Å²) in [6.07, 6.45) is -3.85. The number of aryl methyl sites for hydroxylation is 1. The number of fused-ring (bicyclic) bond motifs is 1. The maximum atomic E-state index is 13.2. The second-order valence-electron chi connectivity index (χ2n) is 12.8. The van der Waals surface area contributed by atoms with Gasteiger partial charge in [-0.25, -0.2) is 19.9 Å². The van der Waals surface area contributed by atoms with Crippen molar-refractivity contribution in [2.24, 2.45) is 7.05 Å². The topological polar surface area (TPSA) is 100 Å². The Kier molecular flexibility index (Phi) is 9.46. The van der Waals surface area contributed by atoms with Crippen LogP contribution in [0, 0.1) is 0 Å². The molecule has 48 heavy (non-hydrogen) atoms. The summed E-state index contributed by atoms with van der Waals surface area (Å²) in [5.41, 5.74) is -0.682. The molecule has 0 bridgehead atoms. The van der Waals surface area contributed by atoms with E-state index in [1.807, 2.05) is 0 Å². The van der Waals surface area contributed by atoms with Crippen molar-refractivity contribution in [3.05, 3.63) is 78.0 Å². The summed E-state index contributed by atoms with van der Waals surface area (Å²) in [5, 5.41) is 12.0. The number of hydrogen-bond donors (Lipinski definition) is 1. The van der Waals surface area contributed by atoms with Gasteiger partial charge in [0.05, 0.1) is 22.8 Å². The van der Waals surface area contributed by atoms with Crippen LogP contribution in [0.15, 0.2) is 61.2 Å². The molecule has 256 valence electrons. The molecule has 0 aliphatic carbocycles. The summed E-state index contributed by atoms with van der Waals surface area (Å²) in [7, 11) is 0.0829. The van der Waals surface area contributed by atoms with Gasteiger partial charge in [-0.15, -0.1) is 0 Å². The predicted molar refractivity (Wildman–Crippen MR) is 169 cm³/mol. The van der Waals surface area contributed by atoms with E-state index in [2.05, 4.69) is 39.6 Å². The van der Waals surface area contributed by atoms with Crippen LogP contribution in [-0.2, 0) is 30.3 Å². The molecule has 0 spiro atoms. The van der Waals surface area contributed by atoms with Crippen molar-refractivity contribution in [3.63, 3.8) is 0 Å². The van der Waals surface area contributed by atoms with E-state index in [1.54, 1.807) is 42.0 Å². The van der Waals surface area contributed by atoms with Crippen LogP contribution < -0.4 is 4.74 Å². The first-order valence-electron chi connectivity index (χ1n) is 14.9. The Labute approximate surface area is 273 Å². The number of imidazole rings is 1. The monoisotopic (exact) mass is 692 g/mol. The van der Waals surface area contributed by atoms with Crippen LogP contribution in [0.2, 0.25) is 25.7 Å². The predicted octanol–water partition coefficient (Wildman–Crippen LogP) is 7.42. The largest absolute Gasteiger partial charge is 0.467 e. The van der Waals surface area contributed by atoms with Crippen LogP contribution >= 0.6 is 0 Å². The Balaban J connectivity index is 1.55. The Morgan fingerprint density at radius 2 is 1.65 bits per heavy atom. The lowest BCUT2D eigenvalue weighted by Crippen LogP contribution is -2.23. The fourth-order valence-electron chi connectivity index (χ4n) is 5.00. The van der Waals surface area contributed by atoms with Crippen molar-refractivity contribution in [1.82, 2.24) is 29.1 Å². The zero-order chi connectivity index (χ0) is 35.1. The third-order valence-electron chi connectivity index (χ3n) is 7.63. The van der Waals surface area contributed by atoms with Gasteiger partial charge < -0.3 is 23.7 Å². The highest BCUT2D eigenvalue weighted by Crippen LogP contribution is 2.38. The number of aliphatic hydroxyl groups is 1. The van der Waals surface area contributed by atoms with E-state index in [4.69, 9.17) is 9.47 Å². The van der Waals surface area contributed by atoms with Gasteiger partial charge in [-0.1, -0.05) is 43.9 Å². The summed E-state index contributed by atoms with van der Waals surface area (Å²) < 4.78 is 92.5. The first kappa shape index (κ1) is 35.0. The second kappa shape index (κ2) is 13.0. The van der Waals surface area contributed by atoms with Crippen LogP contribution in [0.25, 0.3) is 33.8 Å². The SMILES string of the molecule is Cn1cc(C(F)(F)F)nc1-c1ccc(C(C)(O)c2cn(COCC[Si](C)(C)C)c3cnc(-c4cccnc4OCC(F)(F)F)nc23)cc1. The van der Waals surface area contributed by atoms with Gasteiger partial charge in [0.2, 0.25) is 5.88 Å². The highest BCUT2D eigenvalue weighted by Gasteiger charge is 2.35. The molecular weight excluding hydrogens is 658 g/mol. The first-order chi connectivity index (χ1) is 22.3.